The van der Waals surface area contributed by atoms with Crippen LogP contribution in [-0.4, -0.2) is 19.3 Å². The van der Waals surface area contributed by atoms with Gasteiger partial charge >= 0.3 is 0 Å². The van der Waals surface area contributed by atoms with Crippen molar-refractivity contribution in [2.75, 3.05) is 0 Å². The molecule has 0 fully saturated rings. The van der Waals surface area contributed by atoms with E-state index in [2.05, 4.69) is 9.71 Å². The number of carbonyl (C=O) groups excluding carboxylic acids is 1. The molecule has 0 unspecified atom stereocenters. The van der Waals surface area contributed by atoms with Crippen molar-refractivity contribution in [3.63, 3.8) is 0 Å². The molecular weight excluding hydrogens is 320 g/mol. The van der Waals surface area contributed by atoms with Gasteiger partial charge in [0.25, 0.3) is 5.91 Å². The van der Waals surface area contributed by atoms with E-state index in [9.17, 15) is 13.2 Å². The summed E-state index contributed by atoms with van der Waals surface area (Å²) >= 11 is 1.35. The zero-order valence-corrected chi connectivity index (χ0v) is 14.3. The molecule has 118 valence electrons. The van der Waals surface area contributed by atoms with Gasteiger partial charge in [0, 0.05) is 11.3 Å². The maximum Gasteiger partial charge on any atom is 0.284 e. The van der Waals surface area contributed by atoms with E-state index >= 15 is 0 Å². The maximum absolute atomic E-state index is 12.1. The molecule has 2 rings (SSSR count). The van der Waals surface area contributed by atoms with Crippen molar-refractivity contribution >= 4 is 27.3 Å². The number of carbonyl (C=O) groups is 1. The monoisotopic (exact) mass is 338 g/mol. The number of amides is 1. The summed E-state index contributed by atoms with van der Waals surface area (Å²) in [5.41, 5.74) is 1.75. The minimum atomic E-state index is -3.74. The van der Waals surface area contributed by atoms with Crippen LogP contribution in [0, 0.1) is 6.92 Å². The van der Waals surface area contributed by atoms with Crippen LogP contribution in [-0.2, 0) is 15.8 Å². The first-order valence-electron chi connectivity index (χ1n) is 6.82. The van der Waals surface area contributed by atoms with Crippen molar-refractivity contribution in [1.82, 2.24) is 9.71 Å². The van der Waals surface area contributed by atoms with Crippen LogP contribution in [0.1, 0.15) is 46.4 Å². The molecule has 2 aromatic rings. The Morgan fingerprint density at radius 3 is 2.68 bits per heavy atom. The number of thiazole rings is 1. The van der Waals surface area contributed by atoms with Gasteiger partial charge in [-0.2, -0.15) is 0 Å². The Bertz CT molecular complexity index is 780. The van der Waals surface area contributed by atoms with Crippen molar-refractivity contribution in [3.05, 3.63) is 51.5 Å². The molecule has 0 radical (unpaired) electrons. The third-order valence-electron chi connectivity index (χ3n) is 2.94. The Morgan fingerprint density at radius 2 is 2.09 bits per heavy atom. The number of rotatable bonds is 5. The normalized spacial score (nSPS) is 11.6. The Balaban J connectivity index is 2.09. The molecule has 0 saturated heterocycles. The Hall–Kier alpha value is -1.73. The van der Waals surface area contributed by atoms with Gasteiger partial charge in [0.2, 0.25) is 10.0 Å². The fourth-order valence-corrected chi connectivity index (χ4v) is 3.80. The molecular formula is C15H18N2O3S2. The summed E-state index contributed by atoms with van der Waals surface area (Å²) < 4.78 is 26.2. The van der Waals surface area contributed by atoms with Crippen molar-refractivity contribution < 1.29 is 13.2 Å². The van der Waals surface area contributed by atoms with Crippen LogP contribution in [0.2, 0.25) is 0 Å². The number of aromatic nitrogens is 1. The second-order valence-corrected chi connectivity index (χ2v) is 8.02. The van der Waals surface area contributed by atoms with Crippen molar-refractivity contribution in [2.45, 2.75) is 32.4 Å². The van der Waals surface area contributed by atoms with Crippen LogP contribution in [0.5, 0.6) is 0 Å². The molecule has 1 N–H and O–H groups in total. The van der Waals surface area contributed by atoms with Gasteiger partial charge in [0.05, 0.1) is 10.8 Å². The minimum absolute atomic E-state index is 0.140. The van der Waals surface area contributed by atoms with Gasteiger partial charge in [-0.05, 0) is 12.5 Å². The minimum Gasteiger partial charge on any atom is -0.266 e. The summed E-state index contributed by atoms with van der Waals surface area (Å²) in [5, 5.41) is 2.38. The topological polar surface area (TPSA) is 76.1 Å². The highest BCUT2D eigenvalue weighted by Gasteiger charge is 2.19. The molecule has 0 saturated carbocycles. The summed E-state index contributed by atoms with van der Waals surface area (Å²) in [7, 11) is -3.74. The van der Waals surface area contributed by atoms with E-state index in [1.807, 2.05) is 26.8 Å². The maximum atomic E-state index is 12.1. The molecule has 22 heavy (non-hydrogen) atoms. The van der Waals surface area contributed by atoms with Gasteiger partial charge in [-0.1, -0.05) is 43.7 Å². The zero-order valence-electron chi connectivity index (χ0n) is 12.7. The number of hydrogen-bond acceptors (Lipinski definition) is 5. The number of benzene rings is 1. The van der Waals surface area contributed by atoms with Crippen molar-refractivity contribution in [2.24, 2.45) is 0 Å². The molecule has 0 aliphatic rings. The third kappa shape index (κ3) is 4.38. The molecule has 1 amide bonds. The second kappa shape index (κ2) is 6.58. The molecule has 0 aliphatic carbocycles. The predicted molar refractivity (Wildman–Crippen MR) is 87.5 cm³/mol. The summed E-state index contributed by atoms with van der Waals surface area (Å²) in [6, 6.07) is 7.18. The van der Waals surface area contributed by atoms with E-state index in [4.69, 9.17) is 0 Å². The lowest BCUT2D eigenvalue weighted by molar-refractivity contribution is 0.0977. The van der Waals surface area contributed by atoms with Crippen molar-refractivity contribution in [1.29, 1.82) is 0 Å². The number of hydrogen-bond donors (Lipinski definition) is 1. The van der Waals surface area contributed by atoms with Gasteiger partial charge in [0.1, 0.15) is 5.69 Å². The van der Waals surface area contributed by atoms with Crippen LogP contribution >= 0.6 is 11.3 Å². The average molecular weight is 338 g/mol. The molecule has 5 nitrogen and oxygen atoms in total. The smallest absolute Gasteiger partial charge is 0.266 e. The Morgan fingerprint density at radius 1 is 1.36 bits per heavy atom. The van der Waals surface area contributed by atoms with Crippen LogP contribution < -0.4 is 4.72 Å². The van der Waals surface area contributed by atoms with E-state index in [0.717, 1.165) is 10.6 Å². The third-order valence-corrected chi connectivity index (χ3v) is 5.29. The molecule has 0 spiro atoms. The van der Waals surface area contributed by atoms with Gasteiger partial charge < -0.3 is 0 Å². The fraction of sp³-hybridized carbons (Fsp3) is 0.333. The lowest BCUT2D eigenvalue weighted by Crippen LogP contribution is -2.31. The quantitative estimate of drug-likeness (QED) is 0.909. The first kappa shape index (κ1) is 16.6. The number of nitrogens with one attached hydrogen (secondary N) is 1. The zero-order chi connectivity index (χ0) is 16.3. The number of sulfonamides is 1. The fourth-order valence-electron chi connectivity index (χ4n) is 1.91. The standard InChI is InChI=1S/C15H18N2O3S2/c1-10(2)15-16-13(8-21-15)14(18)17-22(19,20)9-12-6-4-5-11(3)7-12/h4-8,10H,9H2,1-3H3,(H,17,18). The van der Waals surface area contributed by atoms with Crippen LogP contribution in [0.4, 0.5) is 0 Å². The van der Waals surface area contributed by atoms with Gasteiger partial charge in [-0.25, -0.2) is 18.1 Å². The summed E-state index contributed by atoms with van der Waals surface area (Å²) in [6.07, 6.45) is 0. The van der Waals surface area contributed by atoms with Crippen LogP contribution in [0.3, 0.4) is 0 Å². The van der Waals surface area contributed by atoms with Crippen LogP contribution in [0.15, 0.2) is 29.6 Å². The molecule has 1 heterocycles. The lowest BCUT2D eigenvalue weighted by Gasteiger charge is -2.06. The van der Waals surface area contributed by atoms with E-state index in [1.165, 1.54) is 11.3 Å². The average Bonchev–Trinajstić information content (AvgIpc) is 2.87. The molecule has 7 heteroatoms. The largest absolute Gasteiger partial charge is 0.284 e. The summed E-state index contributed by atoms with van der Waals surface area (Å²) in [6.45, 7) is 5.82. The van der Waals surface area contributed by atoms with Crippen molar-refractivity contribution in [3.8, 4) is 0 Å². The molecule has 0 aliphatic heterocycles. The highest BCUT2D eigenvalue weighted by atomic mass is 32.2. The molecule has 1 aromatic heterocycles. The predicted octanol–water partition coefficient (Wildman–Crippen LogP) is 2.83. The summed E-state index contributed by atoms with van der Waals surface area (Å²) in [4.78, 5) is 16.2. The first-order chi connectivity index (χ1) is 10.3. The van der Waals surface area contributed by atoms with Crippen LogP contribution in [0.25, 0.3) is 0 Å². The SMILES string of the molecule is Cc1cccc(CS(=O)(=O)NC(=O)c2csc(C(C)C)n2)c1. The summed E-state index contributed by atoms with van der Waals surface area (Å²) in [5.74, 6) is -0.715. The van der Waals surface area contributed by atoms with Gasteiger partial charge in [-0.3, -0.25) is 4.79 Å². The van der Waals surface area contributed by atoms with E-state index in [1.54, 1.807) is 23.6 Å². The number of nitrogens with zero attached hydrogens (tertiary/aromatic N) is 1. The van der Waals surface area contributed by atoms with Gasteiger partial charge in [-0.15, -0.1) is 11.3 Å². The molecule has 0 bridgehead atoms. The van der Waals surface area contributed by atoms with E-state index in [-0.39, 0.29) is 17.4 Å². The second-order valence-electron chi connectivity index (χ2n) is 5.41. The Kier molecular flexibility index (Phi) is 4.97. The van der Waals surface area contributed by atoms with E-state index in [0.29, 0.717) is 5.56 Å². The first-order valence-corrected chi connectivity index (χ1v) is 9.36. The Labute approximate surface area is 134 Å². The lowest BCUT2D eigenvalue weighted by atomic mass is 10.2. The molecule has 1 aromatic carbocycles. The van der Waals surface area contributed by atoms with E-state index < -0.39 is 15.9 Å². The number of aryl methyl sites for hydroxylation is 1. The highest BCUT2D eigenvalue weighted by Crippen LogP contribution is 2.19. The van der Waals surface area contributed by atoms with Gasteiger partial charge in [0.15, 0.2) is 0 Å². The highest BCUT2D eigenvalue weighted by molar-refractivity contribution is 7.89. The molecule has 0 atom stereocenters.